The maximum Gasteiger partial charge on any atom is 1.00 e. The molecule has 9 N–H and O–H groups in total. The van der Waals surface area contributed by atoms with Crippen LogP contribution in [-0.2, 0) is 71.7 Å². The van der Waals surface area contributed by atoms with E-state index in [-0.39, 0.29) is 31.2 Å². The Kier molecular flexibility index (Phi) is 24.5. The number of ketones is 1. The third kappa shape index (κ3) is 16.2. The first kappa shape index (κ1) is 60.0. The Bertz CT molecular complexity index is 2610. The van der Waals surface area contributed by atoms with Crippen molar-refractivity contribution in [3.8, 4) is 5.75 Å². The summed E-state index contributed by atoms with van der Waals surface area (Å²) in [6.45, 7) is 2.65. The van der Waals surface area contributed by atoms with Crippen LogP contribution in [0.5, 0.6) is 5.75 Å². The minimum atomic E-state index is -4.27. The number of aliphatic hydroxyl groups excluding tert-OH is 2. The average molecular weight is 1040 g/mol. The first-order chi connectivity index (χ1) is 32.9. The Morgan fingerprint density at radius 1 is 0.857 bits per heavy atom. The van der Waals surface area contributed by atoms with Crippen LogP contribution in [0.4, 0.5) is 4.79 Å². The number of nitrogens with zero attached hydrogens (tertiary/aromatic N) is 2. The minimum Gasteiger partial charge on any atom is -0.445 e. The lowest BCUT2D eigenvalue weighted by molar-refractivity contribution is -0.191. The highest BCUT2D eigenvalue weighted by Gasteiger charge is 2.58. The number of aromatic nitrogens is 4. The van der Waals surface area contributed by atoms with E-state index in [1.165, 1.54) is 57.9 Å². The molecular formula is C39H53N6O23P2+. The van der Waals surface area contributed by atoms with Gasteiger partial charge in [0.1, 0.15) is 49.0 Å². The summed E-state index contributed by atoms with van der Waals surface area (Å²) in [6, 6.07) is 8.38. The molecule has 3 saturated heterocycles. The molecule has 0 spiro atoms. The highest BCUT2D eigenvalue weighted by atomic mass is 31.2. The molecule has 3 aliphatic heterocycles. The number of nitrogens with two attached hydrogens (primary N) is 1. The van der Waals surface area contributed by atoms with E-state index in [0.29, 0.717) is 5.56 Å². The van der Waals surface area contributed by atoms with Crippen molar-refractivity contribution in [1.82, 2.24) is 24.4 Å². The summed E-state index contributed by atoms with van der Waals surface area (Å²) in [6.07, 6.45) is 0.514. The Hall–Kier alpha value is -6.10. The number of amides is 1. The van der Waals surface area contributed by atoms with Crippen LogP contribution in [0.15, 0.2) is 104 Å². The van der Waals surface area contributed by atoms with Crippen LogP contribution in [-0.4, -0.2) is 138 Å². The summed E-state index contributed by atoms with van der Waals surface area (Å²) in [5, 5.41) is 21.4. The van der Waals surface area contributed by atoms with E-state index < -0.39 is 107 Å². The molecule has 0 saturated carbocycles. The maximum absolute atomic E-state index is 13.3. The van der Waals surface area contributed by atoms with Gasteiger partial charge in [0.15, 0.2) is 18.2 Å². The second kappa shape index (κ2) is 28.5. The summed E-state index contributed by atoms with van der Waals surface area (Å²) in [5.41, 5.74) is 3.38. The van der Waals surface area contributed by atoms with Crippen LogP contribution in [0, 0.1) is 0 Å². The number of aromatic amines is 2. The van der Waals surface area contributed by atoms with Gasteiger partial charge in [-0.3, -0.25) is 56.1 Å². The van der Waals surface area contributed by atoms with Crippen molar-refractivity contribution in [2.45, 2.75) is 55.7 Å². The number of alkyl carbamates (subject to hydrolysis) is 1. The van der Waals surface area contributed by atoms with Gasteiger partial charge in [-0.15, -0.1) is 0 Å². The summed E-state index contributed by atoms with van der Waals surface area (Å²) in [4.78, 5) is 88.5. The molecule has 0 bridgehead atoms. The number of rotatable bonds is 13. The predicted octanol–water partition coefficient (Wildman–Crippen LogP) is -1.00. The van der Waals surface area contributed by atoms with Crippen LogP contribution in [0.1, 0.15) is 19.4 Å². The SMILES string of the molecule is C=C1C=CC(=O)C=C1.CN.CNC(=O)OCc1ccc(OP(=O)(OC)OC2C(OC)[C@H](n3ccc(=O)[nH]c3=O)O[C@@H]2CO)cc1.COP1(=O)OC2C(O1)[C@@H](CO)O[C@H]2n1ccc(=O)[nH]c1=O.O.O=C=O.[H+]. The van der Waals surface area contributed by atoms with Crippen molar-refractivity contribution >= 4 is 33.7 Å². The van der Waals surface area contributed by atoms with Crippen molar-refractivity contribution in [1.29, 1.82) is 0 Å². The van der Waals surface area contributed by atoms with Gasteiger partial charge in [0.2, 0.25) is 0 Å². The highest BCUT2D eigenvalue weighted by molar-refractivity contribution is 7.49. The third-order valence-electron chi connectivity index (χ3n) is 9.29. The molecule has 2 aromatic heterocycles. The summed E-state index contributed by atoms with van der Waals surface area (Å²) >= 11 is 0. The second-order valence-electron chi connectivity index (χ2n) is 13.5. The van der Waals surface area contributed by atoms with Gasteiger partial charge in [-0.1, -0.05) is 30.9 Å². The maximum atomic E-state index is 13.3. The molecule has 3 aromatic rings. The lowest BCUT2D eigenvalue weighted by Crippen LogP contribution is -2.40. The molecule has 5 heterocycles. The molecule has 4 aliphatic rings. The number of phosphoric acid groups is 2. The zero-order valence-corrected chi connectivity index (χ0v) is 39.6. The number of phosphoric ester groups is 2. The molecule has 6 unspecified atom stereocenters. The van der Waals surface area contributed by atoms with Crippen molar-refractivity contribution in [3.05, 3.63) is 132 Å². The Labute approximate surface area is 397 Å². The minimum absolute atomic E-state index is 0. The molecule has 29 nitrogen and oxygen atoms in total. The van der Waals surface area contributed by atoms with Gasteiger partial charge in [-0.25, -0.2) is 23.5 Å². The standard InChI is InChI=1S/C20H26N3O11P.C10H13N2O8P.C7H6O.CH5N.CO2.H2O/c1-21-20(27)31-11-12-4-6-13(7-5-12)33-35(28,30-3)34-16-14(10-24)32-18(17(16)29-2)23-9-8-15(25)22-19(23)26;1-17-21(16)19-7-5(4-13)18-9(8(7)20-21)12-3-2-6(14)11-10(12)15;1-6-2-4-7(8)5-3-6;1-2;2-1-3;/h4-9,14,16-18,24H,10-11H2,1-3H3,(H,21,27)(H,22,25,26);2-3,5,7-9,13H,4H2,1H3,(H,11,14,15);2-5H,1H2;2H2,1H3;;1H2/p+1/t14-,16?,17?,18-,35?;5-,7?,8?,9-,21?;;;;/m11..../s1. The van der Waals surface area contributed by atoms with E-state index in [1.807, 2.05) is 0 Å². The number of allylic oxidation sites excluding steroid dienone is 5. The Balaban J connectivity index is 0.000000589. The van der Waals surface area contributed by atoms with Crippen LogP contribution in [0.25, 0.3) is 0 Å². The molecule has 1 aliphatic carbocycles. The van der Waals surface area contributed by atoms with Gasteiger partial charge >= 0.3 is 40.7 Å². The fourth-order valence-electron chi connectivity index (χ4n) is 6.18. The molecule has 1 aromatic carbocycles. The van der Waals surface area contributed by atoms with E-state index in [1.54, 1.807) is 24.3 Å². The Morgan fingerprint density at radius 2 is 1.37 bits per heavy atom. The number of methoxy groups -OCH3 is 1. The van der Waals surface area contributed by atoms with Gasteiger partial charge in [-0.2, -0.15) is 9.59 Å². The first-order valence-corrected chi connectivity index (χ1v) is 22.7. The fraction of sp³-hybridized carbons (Fsp3) is 0.410. The number of benzene rings is 1. The van der Waals surface area contributed by atoms with E-state index in [2.05, 4.69) is 27.6 Å². The van der Waals surface area contributed by atoms with Crippen LogP contribution in [0.3, 0.4) is 0 Å². The van der Waals surface area contributed by atoms with Crippen molar-refractivity contribution in [2.75, 3.05) is 48.6 Å². The number of nitrogens with one attached hydrogen (secondary N) is 3. The topological polar surface area (TPSA) is 414 Å². The van der Waals surface area contributed by atoms with Gasteiger partial charge in [0.05, 0.1) is 13.2 Å². The number of fused-ring (bicyclic) bond motifs is 1. The zero-order valence-electron chi connectivity index (χ0n) is 38.8. The quantitative estimate of drug-likeness (QED) is 0.112. The van der Waals surface area contributed by atoms with E-state index in [0.717, 1.165) is 41.1 Å². The first-order valence-electron chi connectivity index (χ1n) is 19.8. The molecular weight excluding hydrogens is 982 g/mol. The highest BCUT2D eigenvalue weighted by Crippen LogP contribution is 2.61. The number of H-pyrrole nitrogens is 2. The fourth-order valence-corrected chi connectivity index (χ4v) is 8.61. The monoisotopic (exact) mass is 1040 g/mol. The molecule has 386 valence electrons. The lowest BCUT2D eigenvalue weighted by Gasteiger charge is -2.26. The van der Waals surface area contributed by atoms with Crippen molar-refractivity contribution in [3.63, 3.8) is 0 Å². The molecule has 0 radical (unpaired) electrons. The van der Waals surface area contributed by atoms with Crippen LogP contribution in [0.2, 0.25) is 0 Å². The number of ether oxygens (including phenoxy) is 4. The molecule has 3 fully saturated rings. The van der Waals surface area contributed by atoms with Gasteiger partial charge in [0, 0.05) is 52.9 Å². The molecule has 7 rings (SSSR count). The second-order valence-corrected chi connectivity index (χ2v) is 16.8. The van der Waals surface area contributed by atoms with E-state index in [9.17, 15) is 48.1 Å². The van der Waals surface area contributed by atoms with E-state index in [4.69, 9.17) is 55.7 Å². The van der Waals surface area contributed by atoms with Crippen molar-refractivity contribution in [2.24, 2.45) is 5.73 Å². The molecule has 1 amide bonds. The molecule has 70 heavy (non-hydrogen) atoms. The normalized spacial score (nSPS) is 25.5. The largest absolute Gasteiger partial charge is 1.00 e. The van der Waals surface area contributed by atoms with Crippen LogP contribution < -0.4 is 38.1 Å². The van der Waals surface area contributed by atoms with Gasteiger partial charge in [0.25, 0.3) is 11.1 Å². The Morgan fingerprint density at radius 3 is 1.83 bits per heavy atom. The summed E-state index contributed by atoms with van der Waals surface area (Å²) in [5.74, 6) is 0.165. The third-order valence-corrected chi connectivity index (χ3v) is 12.1. The van der Waals surface area contributed by atoms with Gasteiger partial charge in [-0.05, 0) is 42.5 Å². The number of hydrogen-bond donors (Lipinski definition) is 6. The predicted molar refractivity (Wildman–Crippen MR) is 238 cm³/mol. The number of aliphatic hydroxyl groups is 2. The van der Waals surface area contributed by atoms with Crippen LogP contribution >= 0.6 is 15.6 Å². The number of hydrogen-bond acceptors (Lipinski definition) is 23. The lowest BCUT2D eigenvalue weighted by atomic mass is 10.1. The smallest absolute Gasteiger partial charge is 0.445 e. The van der Waals surface area contributed by atoms with Gasteiger partial charge < -0.3 is 50.2 Å². The summed E-state index contributed by atoms with van der Waals surface area (Å²) < 4.78 is 80.2. The zero-order chi connectivity index (χ0) is 51.5. The molecule has 10 atom stereocenters. The van der Waals surface area contributed by atoms with Crippen molar-refractivity contribution < 1.29 is 91.5 Å². The molecule has 31 heteroatoms. The summed E-state index contributed by atoms with van der Waals surface area (Å²) in [7, 11) is -1.49. The average Bonchev–Trinajstić information content (AvgIpc) is 3.99. The number of carbonyl (C=O) groups excluding carboxylic acids is 4. The number of carbonyl (C=O) groups is 2. The van der Waals surface area contributed by atoms with E-state index >= 15 is 0 Å².